The van der Waals surface area contributed by atoms with Crippen LogP contribution in [0.2, 0.25) is 5.02 Å². The first-order valence-corrected chi connectivity index (χ1v) is 17.2. The van der Waals surface area contributed by atoms with Gasteiger partial charge in [-0.1, -0.05) is 44.4 Å². The van der Waals surface area contributed by atoms with E-state index in [1.807, 2.05) is 0 Å². The lowest BCUT2D eigenvalue weighted by atomic mass is 10.0. The Balaban J connectivity index is 1.60. The second kappa shape index (κ2) is 12.9. The molecule has 230 valence electrons. The summed E-state index contributed by atoms with van der Waals surface area (Å²) < 4.78 is 21.1. The number of carbonyl (C=O) groups is 2. The zero-order valence-electron chi connectivity index (χ0n) is 24.9. The molecular formula is C31H39ClN5O5P. The number of halogens is 1. The highest BCUT2D eigenvalue weighted by molar-refractivity contribution is 7.57. The van der Waals surface area contributed by atoms with Crippen molar-refractivity contribution in [2.45, 2.75) is 84.2 Å². The number of hydrogen-bond acceptors (Lipinski definition) is 5. The van der Waals surface area contributed by atoms with Gasteiger partial charge in [-0.2, -0.15) is 0 Å². The third-order valence-electron chi connectivity index (χ3n) is 9.01. The minimum Gasteiger partial charge on any atom is -0.313 e. The molecule has 10 nitrogen and oxygen atoms in total. The van der Waals surface area contributed by atoms with Crippen molar-refractivity contribution in [2.24, 2.45) is 0 Å². The number of nitro benzene ring substituents is 1. The quantitative estimate of drug-likeness (QED) is 0.114. The lowest BCUT2D eigenvalue weighted by Gasteiger charge is -2.48. The monoisotopic (exact) mass is 627 g/mol. The topological polar surface area (TPSA) is 117 Å². The Hall–Kier alpha value is -3.04. The van der Waals surface area contributed by atoms with Crippen LogP contribution in [0.4, 0.5) is 5.69 Å². The van der Waals surface area contributed by atoms with Gasteiger partial charge in [0.1, 0.15) is 5.02 Å². The van der Waals surface area contributed by atoms with Gasteiger partial charge in [0.05, 0.1) is 21.7 Å². The van der Waals surface area contributed by atoms with Crippen molar-refractivity contribution in [1.82, 2.24) is 18.8 Å². The van der Waals surface area contributed by atoms with Crippen LogP contribution >= 0.6 is 19.2 Å². The standard InChI is InChI=1S/C31H39ClN5O5P/c1-4-23-12-6-10-18-35(23)43(42,36-19-11-7-13-24(36)5-2)33-31(39)28-21(3)29(34-17-9-8-14-26(28)34)30(38)22-15-16-25(32)27(20-22)37(40)41/h8-9,14-17,20,23-24H,4-7,10-13,18-19H2,1-3H3,(H,33,39,42)/t23-,24-/m1/s1. The summed E-state index contributed by atoms with van der Waals surface area (Å²) >= 11 is 6.00. The van der Waals surface area contributed by atoms with E-state index in [-0.39, 0.29) is 39.6 Å². The number of aromatic nitrogens is 1. The van der Waals surface area contributed by atoms with Gasteiger partial charge in [0.2, 0.25) is 5.78 Å². The van der Waals surface area contributed by atoms with Crippen LogP contribution in [0.25, 0.3) is 5.52 Å². The van der Waals surface area contributed by atoms with Crippen LogP contribution in [0.5, 0.6) is 0 Å². The van der Waals surface area contributed by atoms with Crippen molar-refractivity contribution in [1.29, 1.82) is 0 Å². The lowest BCUT2D eigenvalue weighted by Crippen LogP contribution is -2.50. The highest BCUT2D eigenvalue weighted by Gasteiger charge is 2.46. The lowest BCUT2D eigenvalue weighted by molar-refractivity contribution is -0.384. The number of nitrogens with zero attached hydrogens (tertiary/aromatic N) is 4. The number of benzene rings is 1. The molecule has 0 saturated carbocycles. The van der Waals surface area contributed by atoms with Crippen molar-refractivity contribution >= 4 is 42.1 Å². The molecule has 2 atom stereocenters. The summed E-state index contributed by atoms with van der Waals surface area (Å²) in [7, 11) is -3.55. The molecule has 0 radical (unpaired) electrons. The second-order valence-corrected chi connectivity index (χ2v) is 14.2. The third kappa shape index (κ3) is 5.78. The van der Waals surface area contributed by atoms with Crippen LogP contribution in [0.1, 0.15) is 97.2 Å². The molecule has 0 spiro atoms. The number of hydrogen-bond donors (Lipinski definition) is 1. The summed E-state index contributed by atoms with van der Waals surface area (Å²) in [4.78, 5) is 39.1. The Labute approximate surface area is 257 Å². The van der Waals surface area contributed by atoms with Crippen molar-refractivity contribution < 1.29 is 19.1 Å². The van der Waals surface area contributed by atoms with E-state index in [4.69, 9.17) is 11.6 Å². The molecule has 1 N–H and O–H groups in total. The molecule has 2 saturated heterocycles. The first-order valence-electron chi connectivity index (χ1n) is 15.2. The molecule has 1 amide bonds. The maximum atomic E-state index is 15.4. The normalized spacial score (nSPS) is 20.3. The average molecular weight is 628 g/mol. The predicted octanol–water partition coefficient (Wildman–Crippen LogP) is 7.41. The highest BCUT2D eigenvalue weighted by atomic mass is 35.5. The van der Waals surface area contributed by atoms with Gasteiger partial charge in [0.25, 0.3) is 11.6 Å². The van der Waals surface area contributed by atoms with E-state index in [0.29, 0.717) is 24.2 Å². The summed E-state index contributed by atoms with van der Waals surface area (Å²) in [6, 6.07) is 9.40. The number of amides is 1. The molecule has 2 aliphatic rings. The van der Waals surface area contributed by atoms with E-state index in [9.17, 15) is 19.7 Å². The number of ketones is 1. The maximum Gasteiger partial charge on any atom is 0.311 e. The van der Waals surface area contributed by atoms with Gasteiger partial charge >= 0.3 is 7.59 Å². The van der Waals surface area contributed by atoms with Crippen LogP contribution in [0, 0.1) is 17.0 Å². The first-order chi connectivity index (χ1) is 20.6. The molecule has 4 heterocycles. The largest absolute Gasteiger partial charge is 0.313 e. The van der Waals surface area contributed by atoms with Crippen LogP contribution in [0.3, 0.4) is 0 Å². The molecular weight excluding hydrogens is 589 g/mol. The Bertz CT molecular complexity index is 1580. The van der Waals surface area contributed by atoms with Gasteiger partial charge in [0.15, 0.2) is 0 Å². The van der Waals surface area contributed by atoms with Gasteiger partial charge in [-0.3, -0.25) is 29.4 Å². The van der Waals surface area contributed by atoms with Gasteiger partial charge in [-0.15, -0.1) is 0 Å². The van der Waals surface area contributed by atoms with Crippen LogP contribution in [0.15, 0.2) is 42.6 Å². The second-order valence-electron chi connectivity index (χ2n) is 11.5. The predicted molar refractivity (Wildman–Crippen MR) is 168 cm³/mol. The SMILES string of the molecule is CC[C@@H]1CCCCN1P(=O)(NC(=O)c1c(C)c(C(=O)c2ccc(Cl)c([N+](=O)[O-])c2)n2ccccc12)N1CCCC[C@H]1CC. The summed E-state index contributed by atoms with van der Waals surface area (Å²) in [6.07, 6.45) is 9.20. The number of fused-ring (bicyclic) bond motifs is 1. The number of carbonyl (C=O) groups excluding carboxylic acids is 2. The Kier molecular flexibility index (Phi) is 9.42. The van der Waals surface area contributed by atoms with Crippen LogP contribution < -0.4 is 5.09 Å². The van der Waals surface area contributed by atoms with Gasteiger partial charge < -0.3 is 4.40 Å². The molecule has 2 aromatic heterocycles. The van der Waals surface area contributed by atoms with Crippen molar-refractivity contribution in [2.75, 3.05) is 13.1 Å². The molecule has 43 heavy (non-hydrogen) atoms. The molecule has 3 aromatic rings. The smallest absolute Gasteiger partial charge is 0.311 e. The number of pyridine rings is 1. The third-order valence-corrected chi connectivity index (χ3v) is 12.3. The zero-order valence-corrected chi connectivity index (χ0v) is 26.6. The van der Waals surface area contributed by atoms with E-state index in [0.717, 1.165) is 57.4 Å². The van der Waals surface area contributed by atoms with Gasteiger partial charge in [0, 0.05) is 43.0 Å². The highest BCUT2D eigenvalue weighted by Crippen LogP contribution is 2.56. The van der Waals surface area contributed by atoms with E-state index in [1.165, 1.54) is 12.1 Å². The fraction of sp³-hybridized carbons (Fsp3) is 0.484. The molecule has 2 aliphatic heterocycles. The Morgan fingerprint density at radius 1 is 1.02 bits per heavy atom. The minimum absolute atomic E-state index is 0.0692. The Morgan fingerprint density at radius 3 is 2.23 bits per heavy atom. The number of nitro groups is 1. The molecule has 0 bridgehead atoms. The fourth-order valence-corrected chi connectivity index (χ4v) is 10.2. The number of rotatable bonds is 9. The van der Waals surface area contributed by atoms with Crippen LogP contribution in [-0.4, -0.2) is 55.5 Å². The zero-order chi connectivity index (χ0) is 30.9. The van der Waals surface area contributed by atoms with Crippen molar-refractivity contribution in [3.8, 4) is 0 Å². The summed E-state index contributed by atoms with van der Waals surface area (Å²) in [5.41, 5.74) is 1.09. The number of piperidine rings is 2. The van der Waals surface area contributed by atoms with Crippen molar-refractivity contribution in [3.63, 3.8) is 0 Å². The van der Waals surface area contributed by atoms with E-state index < -0.39 is 24.2 Å². The molecule has 1 aromatic carbocycles. The summed E-state index contributed by atoms with van der Waals surface area (Å²) in [6.45, 7) is 7.20. The number of nitrogens with one attached hydrogen (secondary N) is 1. The average Bonchev–Trinajstić information content (AvgIpc) is 3.32. The van der Waals surface area contributed by atoms with Gasteiger partial charge in [-0.05, 0) is 75.3 Å². The maximum absolute atomic E-state index is 15.4. The molecule has 12 heteroatoms. The molecule has 0 unspecified atom stereocenters. The minimum atomic E-state index is -3.55. The van der Waals surface area contributed by atoms with Crippen LogP contribution in [-0.2, 0) is 4.57 Å². The molecule has 2 fully saturated rings. The van der Waals surface area contributed by atoms with E-state index in [2.05, 4.69) is 28.3 Å². The van der Waals surface area contributed by atoms with Gasteiger partial charge in [-0.25, -0.2) is 9.34 Å². The first kappa shape index (κ1) is 31.4. The van der Waals surface area contributed by atoms with E-state index in [1.54, 1.807) is 35.7 Å². The van der Waals surface area contributed by atoms with E-state index >= 15 is 4.57 Å². The summed E-state index contributed by atoms with van der Waals surface area (Å²) in [5, 5.41) is 14.5. The Morgan fingerprint density at radius 2 is 1.65 bits per heavy atom. The van der Waals surface area contributed by atoms with Crippen molar-refractivity contribution in [3.05, 3.63) is 80.1 Å². The molecule has 5 rings (SSSR count). The molecule has 0 aliphatic carbocycles. The fourth-order valence-electron chi connectivity index (χ4n) is 6.81. The summed E-state index contributed by atoms with van der Waals surface area (Å²) in [5.74, 6) is -0.976.